The van der Waals surface area contributed by atoms with Crippen LogP contribution in [0.25, 0.3) is 33.5 Å². The SMILES string of the molecule is CC(C)(C)C[C@]12CCO[C@@H](C1OC(C)(C)C)[C@H](n1cnc3c(N)ncnc31)O2.CC(C)(C)C[C@]12CCO[C@@H](C1OP(=O)(O)OC(C)(C)C)[C@H](n1cnc3c(N)ncnc31)O2.CC(C)(C)C[C@]12CCO[C@@H](C1OP(O)(=S)OC(C)(C)C)[C@H](n1cnc3c(N)ncnc31)O2.CO[C@H]1C(OP(O)(=S)OC(C)(C)C)[C@@H](CC(C)(C)C)O[C@H]1n1ccc(=O)[nH]c1=O. The average Bonchev–Trinajstić information content (AvgIpc) is 1.58. The van der Waals surface area contributed by atoms with Crippen LogP contribution in [0.4, 0.5) is 17.5 Å². The van der Waals surface area contributed by atoms with Crippen LogP contribution in [-0.2, 0) is 98.0 Å². The molecule has 0 aliphatic carbocycles. The molecular formula is C78H126N17O21P3S2. The maximum atomic E-state index is 12.9. The first kappa shape index (κ1) is 96.2. The molecule has 0 aromatic carbocycles. The van der Waals surface area contributed by atoms with Crippen molar-refractivity contribution in [2.45, 2.75) is 330 Å². The second kappa shape index (κ2) is 35.0. The van der Waals surface area contributed by atoms with Crippen molar-refractivity contribution in [2.24, 2.45) is 21.7 Å². The van der Waals surface area contributed by atoms with E-state index in [9.17, 15) is 28.8 Å². The van der Waals surface area contributed by atoms with E-state index in [1.54, 1.807) is 69.7 Å². The van der Waals surface area contributed by atoms with Gasteiger partial charge < -0.3 is 83.6 Å². The Balaban J connectivity index is 0.000000158. The van der Waals surface area contributed by atoms with E-state index in [1.165, 1.54) is 42.9 Å². The van der Waals surface area contributed by atoms with Gasteiger partial charge in [-0.3, -0.25) is 46.1 Å². The normalized spacial score (nSPS) is 29.9. The fourth-order valence-corrected chi connectivity index (χ4v) is 22.9. The van der Waals surface area contributed by atoms with E-state index in [0.29, 0.717) is 91.2 Å². The number of H-pyrrole nitrogens is 1. The number of phosphoric ester groups is 1. The number of anilines is 3. The summed E-state index contributed by atoms with van der Waals surface area (Å²) in [7, 11) is -2.96. The number of ether oxygens (including phenoxy) is 9. The number of nitrogens with two attached hydrogens (primary N) is 3. The van der Waals surface area contributed by atoms with Crippen LogP contribution in [0.3, 0.4) is 0 Å². The zero-order valence-electron chi connectivity index (χ0n) is 74.1. The van der Waals surface area contributed by atoms with E-state index >= 15 is 0 Å². The highest BCUT2D eigenvalue weighted by atomic mass is 32.5. The summed E-state index contributed by atoms with van der Waals surface area (Å²) in [4.78, 5) is 96.2. The van der Waals surface area contributed by atoms with Crippen molar-refractivity contribution in [2.75, 3.05) is 44.1 Å². The van der Waals surface area contributed by atoms with Crippen molar-refractivity contribution in [3.63, 3.8) is 0 Å². The van der Waals surface area contributed by atoms with E-state index in [4.69, 9.17) is 111 Å². The Kier molecular flexibility index (Phi) is 27.8. The van der Waals surface area contributed by atoms with Crippen molar-refractivity contribution >= 4 is 95.8 Å². The molecule has 0 amide bonds. The average molecular weight is 1800 g/mol. The summed E-state index contributed by atoms with van der Waals surface area (Å²) in [6.45, 7) is 41.9. The topological polar surface area (TPSA) is 480 Å². The Morgan fingerprint density at radius 2 is 0.843 bits per heavy atom. The summed E-state index contributed by atoms with van der Waals surface area (Å²) in [5.41, 5.74) is 15.1. The van der Waals surface area contributed by atoms with Gasteiger partial charge in [0.05, 0.1) is 67.3 Å². The molecule has 7 unspecified atom stereocenters. The van der Waals surface area contributed by atoms with E-state index in [-0.39, 0.29) is 57.3 Å². The highest BCUT2D eigenvalue weighted by Gasteiger charge is 2.66. The zero-order valence-corrected chi connectivity index (χ0v) is 78.4. The first-order chi connectivity index (χ1) is 55.5. The number of imidazole rings is 3. The second-order valence-corrected chi connectivity index (χ2v) is 47.5. The fourth-order valence-electron chi connectivity index (χ4n) is 17.0. The van der Waals surface area contributed by atoms with E-state index in [1.807, 2.05) is 46.1 Å². The minimum atomic E-state index is -4.42. The van der Waals surface area contributed by atoms with Crippen LogP contribution in [0.1, 0.15) is 236 Å². The molecule has 121 heavy (non-hydrogen) atoms. The van der Waals surface area contributed by atoms with E-state index in [0.717, 1.165) is 12.8 Å². The molecule has 0 saturated carbocycles. The lowest BCUT2D eigenvalue weighted by Crippen LogP contribution is -2.54. The van der Waals surface area contributed by atoms with Crippen molar-refractivity contribution in [1.29, 1.82) is 0 Å². The minimum absolute atomic E-state index is 0.0785. The molecule has 38 nitrogen and oxygen atoms in total. The predicted molar refractivity (Wildman–Crippen MR) is 458 cm³/mol. The number of aromatic amines is 1. The number of nitrogens with zero attached hydrogens (tertiary/aromatic N) is 13. The molecule has 7 aliphatic rings. The van der Waals surface area contributed by atoms with Crippen LogP contribution < -0.4 is 28.5 Å². The maximum absolute atomic E-state index is 12.9. The summed E-state index contributed by atoms with van der Waals surface area (Å²) < 4.78 is 111. The lowest BCUT2D eigenvalue weighted by molar-refractivity contribution is -0.195. The lowest BCUT2D eigenvalue weighted by atomic mass is 9.76. The van der Waals surface area contributed by atoms with Gasteiger partial charge in [0.25, 0.3) is 5.56 Å². The van der Waals surface area contributed by atoms with Crippen molar-refractivity contribution in [1.82, 2.24) is 68.1 Å². The zero-order chi connectivity index (χ0) is 89.6. The molecule has 43 heteroatoms. The molecule has 676 valence electrons. The van der Waals surface area contributed by atoms with Gasteiger partial charge in [-0.2, -0.15) is 0 Å². The molecule has 7 aromatic rings. The van der Waals surface area contributed by atoms with E-state index < -0.39 is 128 Å². The van der Waals surface area contributed by atoms with Crippen molar-refractivity contribution in [3.05, 3.63) is 71.1 Å². The summed E-state index contributed by atoms with van der Waals surface area (Å²) in [5.74, 6) is 0.904. The molecule has 7 aromatic heterocycles. The smallest absolute Gasteiger partial charge is 0.382 e. The van der Waals surface area contributed by atoms with E-state index in [2.05, 4.69) is 133 Å². The molecule has 6 bridgehead atoms. The number of phosphoric acid groups is 1. The standard InChI is InChI=1S/C20H32N5O6P.C20H32N5O5PS.C20H31N5O3.C18H31N2O7PS/c1-18(2,3)9-20-7-8-28-13(14(20)30-32(26,27)31-19(4,5)6)17(29-20)25-11-24-12-15(21)22-10-23-16(12)25;1-18(2,3)9-20-7-8-27-13(14(20)29-31(26,32)30-19(4,5)6)17(28-20)25-11-24-12-15(21)22-10-23-16(12)25;1-18(2,3)9-20-7-8-26-13(14(20)27-19(4,5)6)17(28-20)25-11-24-12-15(21)22-10-23-16(12)25;1-17(2,3)10-11-13(26-28(23,29)27-18(4,5)6)14(24-7)15(25-11)20-9-8-12(21)19-16(20)22/h10-11,13-14,17H,7-9H2,1-6H3,(H,26,27)(H2,21,22,23);10-11,13-14,17H,7-9H2,1-6H3,(H,26,32)(H2,21,22,23);10-11,13-14,17H,7-9H2,1-6H3,(H2,21,22,23);8-9,11,13-15H,10H2,1-7H3,(H,23,29)(H,19,21,22)/t13-,14?,17+,20+;13-,14?,17+,20+,31?;13-,14?,17+,20+;11-,13?,14+,15-,28?/m0001/s1. The minimum Gasteiger partial charge on any atom is -0.382 e. The van der Waals surface area contributed by atoms with Gasteiger partial charge in [0.15, 0.2) is 59.3 Å². The lowest BCUT2D eigenvalue weighted by Gasteiger charge is -2.44. The molecule has 7 saturated heterocycles. The quantitative estimate of drug-likeness (QED) is 0.0370. The molecule has 19 atom stereocenters. The summed E-state index contributed by atoms with van der Waals surface area (Å²) in [6, 6.07) is 1.23. The monoisotopic (exact) mass is 1790 g/mol. The predicted octanol–water partition coefficient (Wildman–Crippen LogP) is 11.9. The van der Waals surface area contributed by atoms with Crippen LogP contribution in [0.15, 0.2) is 59.8 Å². The van der Waals surface area contributed by atoms with Gasteiger partial charge in [0.2, 0.25) is 0 Å². The number of fused-ring (bicyclic) bond motifs is 9. The Labute approximate surface area is 716 Å². The van der Waals surface area contributed by atoms with Crippen LogP contribution in [0.5, 0.6) is 0 Å². The second-order valence-electron chi connectivity index (χ2n) is 40.8. The number of methoxy groups -OCH3 is 1. The van der Waals surface area contributed by atoms with Gasteiger partial charge in [-0.25, -0.2) is 54.2 Å². The molecule has 0 radical (unpaired) electrons. The molecule has 10 N–H and O–H groups in total. The van der Waals surface area contributed by atoms with Crippen LogP contribution in [0, 0.1) is 21.7 Å². The summed E-state index contributed by atoms with van der Waals surface area (Å²) >= 11 is 10.6. The molecular weight excluding hydrogens is 1670 g/mol. The number of hydrogen-bond donors (Lipinski definition) is 7. The molecule has 14 heterocycles. The third-order valence-electron chi connectivity index (χ3n) is 20.2. The van der Waals surface area contributed by atoms with Crippen molar-refractivity contribution in [3.8, 4) is 0 Å². The van der Waals surface area contributed by atoms with Crippen LogP contribution >= 0.6 is 21.3 Å². The fraction of sp³-hybridized carbons (Fsp3) is 0.756. The highest BCUT2D eigenvalue weighted by Crippen LogP contribution is 2.62. The highest BCUT2D eigenvalue weighted by molar-refractivity contribution is 8.07. The van der Waals surface area contributed by atoms with Gasteiger partial charge in [-0.1, -0.05) is 83.1 Å². The van der Waals surface area contributed by atoms with Gasteiger partial charge >= 0.3 is 26.9 Å². The maximum Gasteiger partial charge on any atom is 0.473 e. The summed E-state index contributed by atoms with van der Waals surface area (Å²) in [6.07, 6.45) is 7.32. The van der Waals surface area contributed by atoms with Gasteiger partial charge in [0, 0.05) is 38.6 Å². The number of aromatic nitrogens is 14. The number of nitrogen functional groups attached to an aromatic ring is 3. The number of hydrogen-bond acceptors (Lipinski definition) is 32. The molecule has 14 rings (SSSR count). The molecule has 7 aliphatic heterocycles. The Hall–Kier alpha value is -5.46. The van der Waals surface area contributed by atoms with Gasteiger partial charge in [0.1, 0.15) is 101 Å². The Morgan fingerprint density at radius 1 is 0.479 bits per heavy atom. The van der Waals surface area contributed by atoms with Crippen LogP contribution in [0.2, 0.25) is 0 Å². The first-order valence-corrected chi connectivity index (χ1v) is 47.2. The van der Waals surface area contributed by atoms with Crippen LogP contribution in [-0.4, -0.2) is 204 Å². The third kappa shape index (κ3) is 23.3. The molecule has 7 fully saturated rings. The Morgan fingerprint density at radius 3 is 1.19 bits per heavy atom. The van der Waals surface area contributed by atoms with Crippen molar-refractivity contribution < 1.29 is 89.0 Å². The summed E-state index contributed by atoms with van der Waals surface area (Å²) in [5, 5.41) is 0. The number of rotatable bonds is 19. The third-order valence-corrected chi connectivity index (χ3v) is 25.0. The number of nitrogens with one attached hydrogen (secondary N) is 1. The van der Waals surface area contributed by atoms with Gasteiger partial charge in [-0.15, -0.1) is 0 Å². The molecule has 0 spiro atoms. The largest absolute Gasteiger partial charge is 0.473 e. The Bertz CT molecular complexity index is 4910. The van der Waals surface area contributed by atoms with Gasteiger partial charge in [-0.05, 0) is 154 Å². The first-order valence-electron chi connectivity index (χ1n) is 40.5.